The Morgan fingerprint density at radius 1 is 1.06 bits per heavy atom. The van der Waals surface area contributed by atoms with E-state index in [9.17, 15) is 0 Å². The summed E-state index contributed by atoms with van der Waals surface area (Å²) in [6.07, 6.45) is 1.14. The fraction of sp³-hybridized carbons (Fsp3) is 0.571. The number of hydrogen-bond donors (Lipinski definition) is 0. The summed E-state index contributed by atoms with van der Waals surface area (Å²) in [5.74, 6) is 0. The third kappa shape index (κ3) is 3.72. The number of ether oxygens (including phenoxy) is 1. The van der Waals surface area contributed by atoms with Crippen LogP contribution in [0.3, 0.4) is 0 Å². The first-order chi connectivity index (χ1) is 8.40. The number of methoxy groups -OCH3 is 1. The summed E-state index contributed by atoms with van der Waals surface area (Å²) in [7, 11) is 1.77. The average Bonchev–Trinajstić information content (AvgIpc) is 2.41. The van der Waals surface area contributed by atoms with Crippen molar-refractivity contribution in [3.05, 3.63) is 30.3 Å². The van der Waals surface area contributed by atoms with Crippen LogP contribution in [-0.4, -0.2) is 51.3 Å². The number of para-hydroxylation sites is 1. The lowest BCUT2D eigenvalue weighted by molar-refractivity contribution is 0.169. The smallest absolute Gasteiger partial charge is 0.0474 e. The minimum atomic E-state index is 0.874. The van der Waals surface area contributed by atoms with E-state index < -0.39 is 0 Å². The molecule has 1 aromatic carbocycles. The van der Waals surface area contributed by atoms with Crippen LogP contribution in [0.4, 0.5) is 5.69 Å². The van der Waals surface area contributed by atoms with Gasteiger partial charge in [0.05, 0.1) is 0 Å². The predicted octanol–water partition coefficient (Wildman–Crippen LogP) is 1.85. The Kier molecular flexibility index (Phi) is 4.83. The van der Waals surface area contributed by atoms with Crippen LogP contribution in [0.2, 0.25) is 0 Å². The molecular weight excluding hydrogens is 212 g/mol. The highest BCUT2D eigenvalue weighted by Crippen LogP contribution is 2.15. The van der Waals surface area contributed by atoms with E-state index >= 15 is 0 Å². The summed E-state index contributed by atoms with van der Waals surface area (Å²) in [5, 5.41) is 0. The molecule has 3 heteroatoms. The standard InChI is InChI=1S/C14H22N2O/c1-17-13-5-8-15-9-11-16(12-10-15)14-6-3-2-4-7-14/h2-4,6-7H,5,8-13H2,1H3. The van der Waals surface area contributed by atoms with Crippen molar-refractivity contribution in [3.8, 4) is 0 Å². The Balaban J connectivity index is 1.74. The first-order valence-corrected chi connectivity index (χ1v) is 6.41. The van der Waals surface area contributed by atoms with Gasteiger partial charge in [0.1, 0.15) is 0 Å². The van der Waals surface area contributed by atoms with Crippen LogP contribution in [0.1, 0.15) is 6.42 Å². The largest absolute Gasteiger partial charge is 0.385 e. The summed E-state index contributed by atoms with van der Waals surface area (Å²) >= 11 is 0. The van der Waals surface area contributed by atoms with E-state index in [1.54, 1.807) is 7.11 Å². The SMILES string of the molecule is COCCCN1CCN(c2ccccc2)CC1. The second-order valence-corrected chi connectivity index (χ2v) is 4.51. The maximum Gasteiger partial charge on any atom is 0.0474 e. The highest BCUT2D eigenvalue weighted by molar-refractivity contribution is 5.46. The molecule has 0 atom stereocenters. The molecular formula is C14H22N2O. The Bertz CT molecular complexity index is 307. The van der Waals surface area contributed by atoms with Gasteiger partial charge in [-0.3, -0.25) is 4.90 Å². The van der Waals surface area contributed by atoms with Crippen molar-refractivity contribution in [2.45, 2.75) is 6.42 Å². The molecule has 1 aromatic rings. The Morgan fingerprint density at radius 2 is 1.76 bits per heavy atom. The minimum Gasteiger partial charge on any atom is -0.385 e. The molecule has 0 amide bonds. The van der Waals surface area contributed by atoms with Gasteiger partial charge in [-0.25, -0.2) is 0 Å². The van der Waals surface area contributed by atoms with Crippen molar-refractivity contribution in [3.63, 3.8) is 0 Å². The third-order valence-electron chi connectivity index (χ3n) is 3.32. The van der Waals surface area contributed by atoms with Crippen molar-refractivity contribution in [1.82, 2.24) is 4.90 Å². The highest BCUT2D eigenvalue weighted by Gasteiger charge is 2.16. The first kappa shape index (κ1) is 12.4. The molecule has 1 heterocycles. The Hall–Kier alpha value is -1.06. The van der Waals surface area contributed by atoms with Crippen molar-refractivity contribution in [2.24, 2.45) is 0 Å². The van der Waals surface area contributed by atoms with Crippen molar-refractivity contribution in [2.75, 3.05) is 51.3 Å². The zero-order valence-electron chi connectivity index (χ0n) is 10.6. The van der Waals surface area contributed by atoms with Gasteiger partial charge in [-0.1, -0.05) is 18.2 Å². The molecule has 1 aliphatic rings. The van der Waals surface area contributed by atoms with Crippen LogP contribution >= 0.6 is 0 Å². The van der Waals surface area contributed by atoms with Gasteiger partial charge in [-0.2, -0.15) is 0 Å². The van der Waals surface area contributed by atoms with Gasteiger partial charge in [0.25, 0.3) is 0 Å². The third-order valence-corrected chi connectivity index (χ3v) is 3.32. The summed E-state index contributed by atoms with van der Waals surface area (Å²) in [6, 6.07) is 10.7. The maximum atomic E-state index is 5.09. The van der Waals surface area contributed by atoms with Gasteiger partial charge in [0.2, 0.25) is 0 Å². The number of hydrogen-bond acceptors (Lipinski definition) is 3. The van der Waals surface area contributed by atoms with E-state index in [1.807, 2.05) is 0 Å². The van der Waals surface area contributed by atoms with E-state index in [2.05, 4.69) is 40.1 Å². The molecule has 0 unspecified atom stereocenters. The van der Waals surface area contributed by atoms with Gasteiger partial charge in [0, 0.05) is 52.1 Å². The molecule has 1 aliphatic heterocycles. The number of anilines is 1. The van der Waals surface area contributed by atoms with E-state index in [0.717, 1.165) is 32.7 Å². The van der Waals surface area contributed by atoms with Crippen LogP contribution in [-0.2, 0) is 4.74 Å². The molecule has 0 spiro atoms. The number of nitrogens with zero attached hydrogens (tertiary/aromatic N) is 2. The zero-order chi connectivity index (χ0) is 11.9. The van der Waals surface area contributed by atoms with E-state index in [1.165, 1.54) is 18.8 Å². The highest BCUT2D eigenvalue weighted by atomic mass is 16.5. The monoisotopic (exact) mass is 234 g/mol. The summed E-state index contributed by atoms with van der Waals surface area (Å²) < 4.78 is 5.09. The van der Waals surface area contributed by atoms with Gasteiger partial charge < -0.3 is 9.64 Å². The van der Waals surface area contributed by atoms with Crippen molar-refractivity contribution < 1.29 is 4.74 Å². The van der Waals surface area contributed by atoms with Crippen LogP contribution in [0.5, 0.6) is 0 Å². The zero-order valence-corrected chi connectivity index (χ0v) is 10.6. The van der Waals surface area contributed by atoms with E-state index in [0.29, 0.717) is 0 Å². The topological polar surface area (TPSA) is 15.7 Å². The lowest BCUT2D eigenvalue weighted by atomic mass is 10.2. The molecule has 1 saturated heterocycles. The maximum absolute atomic E-state index is 5.09. The van der Waals surface area contributed by atoms with Crippen molar-refractivity contribution in [1.29, 1.82) is 0 Å². The van der Waals surface area contributed by atoms with Gasteiger partial charge in [-0.05, 0) is 18.6 Å². The van der Waals surface area contributed by atoms with Gasteiger partial charge in [0.15, 0.2) is 0 Å². The van der Waals surface area contributed by atoms with Crippen LogP contribution < -0.4 is 4.90 Å². The van der Waals surface area contributed by atoms with Crippen LogP contribution in [0, 0.1) is 0 Å². The molecule has 94 valence electrons. The second-order valence-electron chi connectivity index (χ2n) is 4.51. The Labute approximate surface area is 104 Å². The fourth-order valence-electron chi connectivity index (χ4n) is 2.30. The molecule has 0 bridgehead atoms. The van der Waals surface area contributed by atoms with Gasteiger partial charge >= 0.3 is 0 Å². The minimum absolute atomic E-state index is 0.874. The molecule has 17 heavy (non-hydrogen) atoms. The summed E-state index contributed by atoms with van der Waals surface area (Å²) in [5.41, 5.74) is 1.35. The fourth-order valence-corrected chi connectivity index (χ4v) is 2.30. The van der Waals surface area contributed by atoms with E-state index in [-0.39, 0.29) is 0 Å². The Morgan fingerprint density at radius 3 is 2.41 bits per heavy atom. The number of benzene rings is 1. The lowest BCUT2D eigenvalue weighted by Crippen LogP contribution is -2.46. The summed E-state index contributed by atoms with van der Waals surface area (Å²) in [4.78, 5) is 4.99. The molecule has 0 N–H and O–H groups in total. The second kappa shape index (κ2) is 6.62. The molecule has 0 radical (unpaired) electrons. The average molecular weight is 234 g/mol. The van der Waals surface area contributed by atoms with Gasteiger partial charge in [-0.15, -0.1) is 0 Å². The molecule has 0 aromatic heterocycles. The quantitative estimate of drug-likeness (QED) is 0.723. The molecule has 0 aliphatic carbocycles. The normalized spacial score (nSPS) is 17.4. The molecule has 1 fully saturated rings. The molecule has 2 rings (SSSR count). The summed E-state index contributed by atoms with van der Waals surface area (Å²) in [6.45, 7) is 6.64. The predicted molar refractivity (Wildman–Crippen MR) is 71.6 cm³/mol. The molecule has 3 nitrogen and oxygen atoms in total. The number of piperazine rings is 1. The lowest BCUT2D eigenvalue weighted by Gasteiger charge is -2.36. The first-order valence-electron chi connectivity index (χ1n) is 6.41. The van der Waals surface area contributed by atoms with E-state index in [4.69, 9.17) is 4.74 Å². The van der Waals surface area contributed by atoms with Crippen LogP contribution in [0.15, 0.2) is 30.3 Å². The van der Waals surface area contributed by atoms with Crippen LogP contribution in [0.25, 0.3) is 0 Å². The molecule has 0 saturated carbocycles. The van der Waals surface area contributed by atoms with Crippen molar-refractivity contribution >= 4 is 5.69 Å². The number of rotatable bonds is 5.